The third kappa shape index (κ3) is 4.77. The third-order valence-corrected chi connectivity index (χ3v) is 3.75. The fraction of sp³-hybridized carbons (Fsp3) is 0.800. The van der Waals surface area contributed by atoms with E-state index in [0.717, 1.165) is 19.5 Å². The van der Waals surface area contributed by atoms with Crippen LogP contribution in [0.1, 0.15) is 25.7 Å². The summed E-state index contributed by atoms with van der Waals surface area (Å²) in [5.74, 6) is -0.236. The van der Waals surface area contributed by atoms with Crippen LogP contribution >= 0.6 is 0 Å². The van der Waals surface area contributed by atoms with Crippen molar-refractivity contribution in [1.82, 2.24) is 0 Å². The van der Waals surface area contributed by atoms with Crippen LogP contribution in [0.15, 0.2) is 12.7 Å². The summed E-state index contributed by atoms with van der Waals surface area (Å²) >= 11 is 0. The first-order chi connectivity index (χ1) is 7.03. The van der Waals surface area contributed by atoms with E-state index in [1.807, 2.05) is 6.08 Å². The van der Waals surface area contributed by atoms with Gasteiger partial charge in [0.15, 0.2) is 0 Å². The van der Waals surface area contributed by atoms with E-state index in [1.165, 1.54) is 17.7 Å². The number of hydrogen-bond donors (Lipinski definition) is 1. The van der Waals surface area contributed by atoms with E-state index in [1.54, 1.807) is 0 Å². The van der Waals surface area contributed by atoms with E-state index in [4.69, 9.17) is 0 Å². The highest BCUT2D eigenvalue weighted by atomic mass is 32.2. The van der Waals surface area contributed by atoms with E-state index < -0.39 is 10.1 Å². The lowest BCUT2D eigenvalue weighted by molar-refractivity contribution is -0.923. The second-order valence-corrected chi connectivity index (χ2v) is 5.64. The fourth-order valence-corrected chi connectivity index (χ4v) is 2.67. The first-order valence-electron chi connectivity index (χ1n) is 5.43. The van der Waals surface area contributed by atoms with Gasteiger partial charge < -0.3 is 9.45 Å². The second kappa shape index (κ2) is 5.63. The van der Waals surface area contributed by atoms with Gasteiger partial charge in [-0.2, -0.15) is 0 Å². The highest BCUT2D eigenvalue weighted by molar-refractivity contribution is 7.85. The van der Waals surface area contributed by atoms with Gasteiger partial charge in [0.05, 0.1) is 23.2 Å². The first kappa shape index (κ1) is 12.7. The maximum Gasteiger partial charge on any atom is 0.106 e. The molecule has 88 valence electrons. The van der Waals surface area contributed by atoms with E-state index in [9.17, 15) is 13.0 Å². The summed E-state index contributed by atoms with van der Waals surface area (Å²) in [4.78, 5) is 1.37. The van der Waals surface area contributed by atoms with Crippen molar-refractivity contribution < 1.29 is 17.9 Å². The molecule has 0 bridgehead atoms. The number of quaternary nitrogens is 1. The van der Waals surface area contributed by atoms with Crippen LogP contribution in [0, 0.1) is 0 Å². The summed E-state index contributed by atoms with van der Waals surface area (Å²) in [5, 5.41) is 0. The Labute approximate surface area is 91.7 Å². The van der Waals surface area contributed by atoms with Crippen molar-refractivity contribution >= 4 is 10.1 Å². The highest BCUT2D eigenvalue weighted by Crippen LogP contribution is 2.03. The van der Waals surface area contributed by atoms with E-state index in [-0.39, 0.29) is 5.75 Å². The molecule has 1 saturated heterocycles. The van der Waals surface area contributed by atoms with Gasteiger partial charge in [-0.15, -0.1) is 0 Å². The molecule has 1 aliphatic rings. The predicted octanol–water partition coefficient (Wildman–Crippen LogP) is -0.455. The average Bonchev–Trinajstić information content (AvgIpc) is 2.16. The zero-order valence-corrected chi connectivity index (χ0v) is 9.76. The minimum absolute atomic E-state index is 0.236. The molecule has 0 spiro atoms. The molecule has 0 aromatic rings. The summed E-state index contributed by atoms with van der Waals surface area (Å²) in [5.41, 5.74) is 0. The molecule has 1 aliphatic heterocycles. The van der Waals surface area contributed by atoms with Crippen LogP contribution in [0.3, 0.4) is 0 Å². The standard InChI is InChI=1S/C10H19NO3S/c1-2-10-6-3-4-7-11(10)8-5-9-15(12,13)14/h2,10H,1,3-9H2,(H,12,13,14). The Morgan fingerprint density at radius 1 is 1.47 bits per heavy atom. The fourth-order valence-electron chi connectivity index (χ4n) is 2.18. The molecule has 2 atom stereocenters. The minimum atomic E-state index is -4.04. The topological polar surface area (TPSA) is 61.6 Å². The number of rotatable bonds is 5. The first-order valence-corrected chi connectivity index (χ1v) is 7.01. The Hall–Kier alpha value is -0.390. The molecule has 1 N–H and O–H groups in total. The summed E-state index contributed by atoms with van der Waals surface area (Å²) in [6.07, 6.45) is 5.94. The quantitative estimate of drug-likeness (QED) is 0.516. The Morgan fingerprint density at radius 3 is 2.80 bits per heavy atom. The lowest BCUT2D eigenvalue weighted by Crippen LogP contribution is -3.16. The Balaban J connectivity index is 2.33. The van der Waals surface area contributed by atoms with Gasteiger partial charge in [0, 0.05) is 18.6 Å². The normalized spacial score (nSPS) is 27.5. The maximum atomic E-state index is 10.4. The van der Waals surface area contributed by atoms with Crippen LogP contribution in [-0.2, 0) is 10.1 Å². The van der Waals surface area contributed by atoms with Gasteiger partial charge in [0.1, 0.15) is 6.04 Å². The molecule has 0 saturated carbocycles. The molecule has 0 radical (unpaired) electrons. The van der Waals surface area contributed by atoms with E-state index >= 15 is 0 Å². The van der Waals surface area contributed by atoms with Crippen molar-refractivity contribution in [3.63, 3.8) is 0 Å². The van der Waals surface area contributed by atoms with Crippen LogP contribution in [0.2, 0.25) is 0 Å². The van der Waals surface area contributed by atoms with Gasteiger partial charge in [0.25, 0.3) is 0 Å². The van der Waals surface area contributed by atoms with E-state index in [2.05, 4.69) is 6.58 Å². The summed E-state index contributed by atoms with van der Waals surface area (Å²) in [6, 6.07) is 0.438. The molecular weight excluding hydrogens is 214 g/mol. The lowest BCUT2D eigenvalue weighted by atomic mass is 10.0. The number of nitrogens with one attached hydrogen (secondary N) is 1. The van der Waals surface area contributed by atoms with Crippen molar-refractivity contribution in [2.75, 3.05) is 18.8 Å². The Bertz CT molecular complexity index is 300. The van der Waals surface area contributed by atoms with Gasteiger partial charge in [-0.1, -0.05) is 6.58 Å². The molecule has 5 heteroatoms. The Kier molecular flexibility index (Phi) is 4.76. The maximum absolute atomic E-state index is 10.4. The third-order valence-electron chi connectivity index (χ3n) is 2.96. The summed E-state index contributed by atoms with van der Waals surface area (Å²) in [7, 11) is -4.04. The smallest absolute Gasteiger partial charge is 0.106 e. The zero-order valence-electron chi connectivity index (χ0n) is 8.94. The van der Waals surface area contributed by atoms with E-state index in [0.29, 0.717) is 12.5 Å². The van der Waals surface area contributed by atoms with Crippen LogP contribution in [-0.4, -0.2) is 37.9 Å². The number of piperidine rings is 1. The van der Waals surface area contributed by atoms with Crippen LogP contribution in [0.4, 0.5) is 0 Å². The Morgan fingerprint density at radius 2 is 2.20 bits per heavy atom. The minimum Gasteiger partial charge on any atom is -0.748 e. The molecule has 1 rings (SSSR count). The van der Waals surface area contributed by atoms with Crippen LogP contribution in [0.25, 0.3) is 0 Å². The van der Waals surface area contributed by atoms with Gasteiger partial charge in [-0.3, -0.25) is 0 Å². The molecule has 1 fully saturated rings. The average molecular weight is 233 g/mol. The van der Waals surface area contributed by atoms with Crippen LogP contribution < -0.4 is 4.90 Å². The van der Waals surface area contributed by atoms with Crippen molar-refractivity contribution in [1.29, 1.82) is 0 Å². The molecule has 4 nitrogen and oxygen atoms in total. The molecular formula is C10H19NO3S. The molecule has 0 amide bonds. The van der Waals surface area contributed by atoms with Gasteiger partial charge in [0.2, 0.25) is 0 Å². The SMILES string of the molecule is C=CC1CCCC[NH+]1CCCS(=O)(=O)[O-]. The largest absolute Gasteiger partial charge is 0.748 e. The van der Waals surface area contributed by atoms with Crippen LogP contribution in [0.5, 0.6) is 0 Å². The molecule has 0 aliphatic carbocycles. The highest BCUT2D eigenvalue weighted by Gasteiger charge is 2.22. The second-order valence-electron chi connectivity index (χ2n) is 4.11. The molecule has 0 aromatic heterocycles. The van der Waals surface area contributed by atoms with Gasteiger partial charge in [-0.05, 0) is 18.9 Å². The van der Waals surface area contributed by atoms with Crippen molar-refractivity contribution in [3.05, 3.63) is 12.7 Å². The molecule has 1 heterocycles. The van der Waals surface area contributed by atoms with Crippen molar-refractivity contribution in [3.8, 4) is 0 Å². The van der Waals surface area contributed by atoms with Gasteiger partial charge >= 0.3 is 0 Å². The summed E-state index contributed by atoms with van der Waals surface area (Å²) < 4.78 is 31.3. The predicted molar refractivity (Wildman–Crippen MR) is 57.7 cm³/mol. The monoisotopic (exact) mass is 233 g/mol. The summed E-state index contributed by atoms with van der Waals surface area (Å²) in [6.45, 7) is 5.62. The zero-order chi connectivity index (χ0) is 11.3. The van der Waals surface area contributed by atoms with Crippen molar-refractivity contribution in [2.45, 2.75) is 31.7 Å². The lowest BCUT2D eigenvalue weighted by Gasteiger charge is -2.30. The van der Waals surface area contributed by atoms with Crippen molar-refractivity contribution in [2.24, 2.45) is 0 Å². The molecule has 0 aromatic carbocycles. The van der Waals surface area contributed by atoms with Gasteiger partial charge in [-0.25, -0.2) is 8.42 Å². The number of likely N-dealkylation sites (tertiary alicyclic amines) is 1. The number of hydrogen-bond acceptors (Lipinski definition) is 3. The molecule has 2 unspecified atom stereocenters. The molecule has 15 heavy (non-hydrogen) atoms.